The van der Waals surface area contributed by atoms with Crippen LogP contribution in [0.4, 0.5) is 11.6 Å². The number of hydrogen-bond acceptors (Lipinski definition) is 4. The van der Waals surface area contributed by atoms with Crippen molar-refractivity contribution >= 4 is 11.6 Å². The molecule has 1 aliphatic heterocycles. The summed E-state index contributed by atoms with van der Waals surface area (Å²) in [5, 5.41) is 0. The molecule has 0 saturated carbocycles. The van der Waals surface area contributed by atoms with Gasteiger partial charge < -0.3 is 10.6 Å². The van der Waals surface area contributed by atoms with Crippen LogP contribution in [-0.4, -0.2) is 23.1 Å². The molecule has 1 saturated heterocycles. The van der Waals surface area contributed by atoms with Crippen molar-refractivity contribution in [2.45, 2.75) is 52.9 Å². The molecule has 0 unspecified atom stereocenters. The van der Waals surface area contributed by atoms with E-state index in [4.69, 9.17) is 10.7 Å². The molecule has 1 aliphatic rings. The number of nitrogens with two attached hydrogens (primary N) is 1. The Kier molecular flexibility index (Phi) is 4.27. The molecule has 0 aromatic carbocycles. The molecule has 4 heteroatoms. The van der Waals surface area contributed by atoms with Crippen LogP contribution < -0.4 is 10.6 Å². The van der Waals surface area contributed by atoms with Gasteiger partial charge in [0.05, 0.1) is 0 Å². The molecule has 1 fully saturated rings. The fourth-order valence-electron chi connectivity index (χ4n) is 2.66. The summed E-state index contributed by atoms with van der Waals surface area (Å²) >= 11 is 0. The van der Waals surface area contributed by atoms with Gasteiger partial charge in [-0.3, -0.25) is 0 Å². The lowest BCUT2D eigenvalue weighted by Gasteiger charge is -2.33. The van der Waals surface area contributed by atoms with E-state index < -0.39 is 0 Å². The van der Waals surface area contributed by atoms with Gasteiger partial charge in [0, 0.05) is 24.6 Å². The topological polar surface area (TPSA) is 55.0 Å². The summed E-state index contributed by atoms with van der Waals surface area (Å²) in [5.74, 6) is 3.72. The van der Waals surface area contributed by atoms with Crippen molar-refractivity contribution in [3.63, 3.8) is 0 Å². The molecule has 2 heterocycles. The van der Waals surface area contributed by atoms with E-state index in [-0.39, 0.29) is 0 Å². The Morgan fingerprint density at radius 2 is 1.89 bits per heavy atom. The van der Waals surface area contributed by atoms with E-state index in [0.717, 1.165) is 36.2 Å². The normalized spacial score (nSPS) is 17.2. The third-order valence-corrected chi connectivity index (χ3v) is 4.18. The van der Waals surface area contributed by atoms with Gasteiger partial charge >= 0.3 is 0 Å². The first-order valence-corrected chi connectivity index (χ1v) is 7.41. The third-order valence-electron chi connectivity index (χ3n) is 4.18. The average Bonchev–Trinajstić information content (AvgIpc) is 2.41. The number of aromatic nitrogens is 2. The van der Waals surface area contributed by atoms with Crippen molar-refractivity contribution in [3.8, 4) is 0 Å². The molecule has 106 valence electrons. The third kappa shape index (κ3) is 2.99. The van der Waals surface area contributed by atoms with Gasteiger partial charge in [0.1, 0.15) is 17.5 Å². The maximum absolute atomic E-state index is 6.04. The van der Waals surface area contributed by atoms with Gasteiger partial charge in [-0.2, -0.15) is 0 Å². The summed E-state index contributed by atoms with van der Waals surface area (Å²) in [6.07, 6.45) is 3.81. The summed E-state index contributed by atoms with van der Waals surface area (Å²) in [6, 6.07) is 0. The Balaban J connectivity index is 2.24. The second-order valence-corrected chi connectivity index (χ2v) is 5.91. The Hall–Kier alpha value is -1.32. The van der Waals surface area contributed by atoms with E-state index in [1.807, 2.05) is 6.92 Å². The van der Waals surface area contributed by atoms with Gasteiger partial charge in [-0.1, -0.05) is 27.2 Å². The van der Waals surface area contributed by atoms with Crippen LogP contribution in [0.15, 0.2) is 0 Å². The first kappa shape index (κ1) is 14.1. The van der Waals surface area contributed by atoms with Gasteiger partial charge in [-0.15, -0.1) is 0 Å². The smallest absolute Gasteiger partial charge is 0.137 e. The molecule has 1 aromatic rings. The lowest BCUT2D eigenvalue weighted by atomic mass is 9.94. The highest BCUT2D eigenvalue weighted by Crippen LogP contribution is 2.28. The van der Waals surface area contributed by atoms with Crippen LogP contribution in [0.25, 0.3) is 0 Å². The van der Waals surface area contributed by atoms with E-state index in [2.05, 4.69) is 30.7 Å². The monoisotopic (exact) mass is 262 g/mol. The zero-order chi connectivity index (χ0) is 14.0. The molecule has 0 amide bonds. The molecule has 0 bridgehead atoms. The second-order valence-electron chi connectivity index (χ2n) is 5.91. The number of piperidine rings is 1. The van der Waals surface area contributed by atoms with Crippen molar-refractivity contribution in [1.82, 2.24) is 9.97 Å². The molecule has 0 aliphatic carbocycles. The van der Waals surface area contributed by atoms with Crippen molar-refractivity contribution in [1.29, 1.82) is 0 Å². The van der Waals surface area contributed by atoms with Crippen molar-refractivity contribution in [3.05, 3.63) is 11.4 Å². The van der Waals surface area contributed by atoms with Gasteiger partial charge in [0.25, 0.3) is 0 Å². The summed E-state index contributed by atoms with van der Waals surface area (Å²) in [5.41, 5.74) is 7.07. The first-order valence-electron chi connectivity index (χ1n) is 7.41. The van der Waals surface area contributed by atoms with Crippen molar-refractivity contribution < 1.29 is 0 Å². The van der Waals surface area contributed by atoms with Crippen molar-refractivity contribution in [2.24, 2.45) is 5.92 Å². The molecule has 2 N–H and O–H groups in total. The van der Waals surface area contributed by atoms with Crippen molar-refractivity contribution in [2.75, 3.05) is 23.7 Å². The largest absolute Gasteiger partial charge is 0.383 e. The van der Waals surface area contributed by atoms with Gasteiger partial charge in [0.2, 0.25) is 0 Å². The molecule has 1 aromatic heterocycles. The minimum absolute atomic E-state index is 0.315. The molecule has 0 atom stereocenters. The Bertz CT molecular complexity index is 434. The molecule has 4 nitrogen and oxygen atoms in total. The summed E-state index contributed by atoms with van der Waals surface area (Å²) < 4.78 is 0. The van der Waals surface area contributed by atoms with Crippen LogP contribution >= 0.6 is 0 Å². The molecule has 0 radical (unpaired) electrons. The van der Waals surface area contributed by atoms with E-state index in [1.54, 1.807) is 0 Å². The summed E-state index contributed by atoms with van der Waals surface area (Å²) in [4.78, 5) is 11.5. The zero-order valence-corrected chi connectivity index (χ0v) is 12.6. The maximum Gasteiger partial charge on any atom is 0.137 e. The number of nitrogen functional groups attached to an aromatic ring is 1. The second kappa shape index (κ2) is 5.76. The molecular weight excluding hydrogens is 236 g/mol. The van der Waals surface area contributed by atoms with Crippen LogP contribution in [0, 0.1) is 12.8 Å². The number of nitrogens with zero attached hydrogens (tertiary/aromatic N) is 3. The van der Waals surface area contributed by atoms with E-state index in [0.29, 0.717) is 11.7 Å². The minimum atomic E-state index is 0.315. The van der Waals surface area contributed by atoms with Crippen LogP contribution in [0.1, 0.15) is 57.3 Å². The number of anilines is 2. The van der Waals surface area contributed by atoms with Gasteiger partial charge in [-0.25, -0.2) is 9.97 Å². The highest BCUT2D eigenvalue weighted by molar-refractivity contribution is 5.56. The van der Waals surface area contributed by atoms with Gasteiger partial charge in [0.15, 0.2) is 0 Å². The standard InChI is InChI=1S/C15H26N4/c1-5-12-6-8-19(9-7-12)15-11(4)13(16)17-14(18-15)10(2)3/h10,12H,5-9H2,1-4H3,(H2,16,17,18). The highest BCUT2D eigenvalue weighted by Gasteiger charge is 2.22. The lowest BCUT2D eigenvalue weighted by Crippen LogP contribution is -2.35. The predicted octanol–water partition coefficient (Wildman–Crippen LogP) is 3.12. The predicted molar refractivity (Wildman–Crippen MR) is 80.5 cm³/mol. The van der Waals surface area contributed by atoms with Gasteiger partial charge in [-0.05, 0) is 25.7 Å². The molecule has 2 rings (SSSR count). The van der Waals surface area contributed by atoms with Crippen LogP contribution in [-0.2, 0) is 0 Å². The Morgan fingerprint density at radius 1 is 1.26 bits per heavy atom. The maximum atomic E-state index is 6.04. The van der Waals surface area contributed by atoms with Crippen LogP contribution in [0.5, 0.6) is 0 Å². The summed E-state index contributed by atoms with van der Waals surface area (Å²) in [7, 11) is 0. The zero-order valence-electron chi connectivity index (χ0n) is 12.6. The lowest BCUT2D eigenvalue weighted by molar-refractivity contribution is 0.393. The van der Waals surface area contributed by atoms with Crippen LogP contribution in [0.3, 0.4) is 0 Å². The molecule has 19 heavy (non-hydrogen) atoms. The fraction of sp³-hybridized carbons (Fsp3) is 0.733. The fourth-order valence-corrected chi connectivity index (χ4v) is 2.66. The first-order chi connectivity index (χ1) is 9.02. The van der Waals surface area contributed by atoms with E-state index in [9.17, 15) is 0 Å². The number of rotatable bonds is 3. The van der Waals surface area contributed by atoms with Crippen LogP contribution in [0.2, 0.25) is 0 Å². The molecule has 0 spiro atoms. The van der Waals surface area contributed by atoms with E-state index >= 15 is 0 Å². The SMILES string of the molecule is CCC1CCN(c2nc(C(C)C)nc(N)c2C)CC1. The summed E-state index contributed by atoms with van der Waals surface area (Å²) in [6.45, 7) is 10.7. The van der Waals surface area contributed by atoms with E-state index in [1.165, 1.54) is 19.3 Å². The Labute approximate surface area is 116 Å². The quantitative estimate of drug-likeness (QED) is 0.909. The molecular formula is C15H26N4. The Morgan fingerprint density at radius 3 is 2.42 bits per heavy atom. The average molecular weight is 262 g/mol. The minimum Gasteiger partial charge on any atom is -0.383 e. The highest BCUT2D eigenvalue weighted by atomic mass is 15.2. The number of hydrogen-bond donors (Lipinski definition) is 1.